The fraction of sp³-hybridized carbons (Fsp3) is 0.500. The molecule has 2 aromatic rings. The second kappa shape index (κ2) is 11.3. The van der Waals surface area contributed by atoms with Crippen LogP contribution in [-0.2, 0) is 9.53 Å². The molecular weight excluding hydrogens is 466 g/mol. The van der Waals surface area contributed by atoms with Crippen LogP contribution >= 0.6 is 11.3 Å². The fourth-order valence-electron chi connectivity index (χ4n) is 4.58. The van der Waals surface area contributed by atoms with Crippen LogP contribution in [0.15, 0.2) is 35.6 Å². The number of amides is 1. The number of aromatic nitrogens is 1. The van der Waals surface area contributed by atoms with Gasteiger partial charge in [0.15, 0.2) is 5.76 Å². The van der Waals surface area contributed by atoms with E-state index in [0.717, 1.165) is 48.8 Å². The van der Waals surface area contributed by atoms with Crippen molar-refractivity contribution in [1.82, 2.24) is 14.8 Å². The summed E-state index contributed by atoms with van der Waals surface area (Å²) in [5.74, 6) is -0.589. The topological polar surface area (TPSA) is 92.2 Å². The largest absolute Gasteiger partial charge is 0.503 e. The van der Waals surface area contributed by atoms with Gasteiger partial charge in [0.2, 0.25) is 5.78 Å². The molecule has 2 aliphatic rings. The van der Waals surface area contributed by atoms with Crippen molar-refractivity contribution in [2.75, 3.05) is 46.0 Å². The zero-order chi connectivity index (χ0) is 24.9. The van der Waals surface area contributed by atoms with Gasteiger partial charge < -0.3 is 19.5 Å². The van der Waals surface area contributed by atoms with Crippen LogP contribution in [0.1, 0.15) is 51.7 Å². The minimum absolute atomic E-state index is 0.121. The molecule has 0 radical (unpaired) electrons. The molecule has 0 bridgehead atoms. The molecular formula is C26H33N3O5S. The molecule has 188 valence electrons. The minimum Gasteiger partial charge on any atom is -0.503 e. The maximum Gasteiger partial charge on any atom is 0.290 e. The van der Waals surface area contributed by atoms with Gasteiger partial charge >= 0.3 is 0 Å². The number of rotatable bonds is 10. The molecule has 1 aromatic heterocycles. The number of hydrogen-bond donors (Lipinski definition) is 1. The molecule has 1 saturated heterocycles. The van der Waals surface area contributed by atoms with E-state index in [2.05, 4.69) is 9.88 Å². The quantitative estimate of drug-likeness (QED) is 0.497. The first kappa shape index (κ1) is 25.3. The van der Waals surface area contributed by atoms with Crippen LogP contribution in [0.3, 0.4) is 0 Å². The van der Waals surface area contributed by atoms with Gasteiger partial charge in [-0.3, -0.25) is 14.5 Å². The zero-order valence-corrected chi connectivity index (χ0v) is 21.4. The number of carbonyl (C=O) groups excluding carboxylic acids is 2. The van der Waals surface area contributed by atoms with Gasteiger partial charge in [0, 0.05) is 26.2 Å². The van der Waals surface area contributed by atoms with Gasteiger partial charge in [-0.2, -0.15) is 0 Å². The van der Waals surface area contributed by atoms with Gasteiger partial charge in [0.05, 0.1) is 47.0 Å². The molecule has 1 N–H and O–H groups in total. The molecule has 0 unspecified atom stereocenters. The van der Waals surface area contributed by atoms with E-state index in [1.165, 1.54) is 11.3 Å². The van der Waals surface area contributed by atoms with Crippen molar-refractivity contribution in [1.29, 1.82) is 0 Å². The van der Waals surface area contributed by atoms with E-state index in [4.69, 9.17) is 9.47 Å². The van der Waals surface area contributed by atoms with Crippen LogP contribution in [0.5, 0.6) is 5.75 Å². The van der Waals surface area contributed by atoms with Crippen molar-refractivity contribution in [2.45, 2.75) is 39.7 Å². The molecule has 9 heteroatoms. The summed E-state index contributed by atoms with van der Waals surface area (Å²) in [6, 6.07) is 6.77. The Bertz CT molecular complexity index is 1090. The Morgan fingerprint density at radius 2 is 1.91 bits per heavy atom. The Morgan fingerprint density at radius 1 is 1.20 bits per heavy atom. The molecule has 0 saturated carbocycles. The SMILES string of the molecule is CCCOc1ccc([C@H]2C(C(=O)c3sc(C)nc3C)=C(O)C(=O)N2CCCN2CCOCC2)cc1. The van der Waals surface area contributed by atoms with E-state index >= 15 is 0 Å². The van der Waals surface area contributed by atoms with E-state index in [9.17, 15) is 14.7 Å². The maximum atomic E-state index is 13.6. The molecule has 35 heavy (non-hydrogen) atoms. The van der Waals surface area contributed by atoms with Gasteiger partial charge in [-0.25, -0.2) is 4.98 Å². The van der Waals surface area contributed by atoms with Crippen molar-refractivity contribution in [3.05, 3.63) is 56.7 Å². The van der Waals surface area contributed by atoms with E-state index in [1.807, 2.05) is 38.1 Å². The molecule has 2 aliphatic heterocycles. The summed E-state index contributed by atoms with van der Waals surface area (Å²) in [6.45, 7) is 10.7. The number of nitrogens with zero attached hydrogens (tertiary/aromatic N) is 3. The number of aliphatic hydroxyl groups excluding tert-OH is 1. The minimum atomic E-state index is -0.665. The van der Waals surface area contributed by atoms with Crippen LogP contribution in [0, 0.1) is 13.8 Å². The van der Waals surface area contributed by atoms with Crippen molar-refractivity contribution in [3.8, 4) is 5.75 Å². The smallest absolute Gasteiger partial charge is 0.290 e. The second-order valence-corrected chi connectivity index (χ2v) is 10.1. The Hall–Kier alpha value is -2.75. The van der Waals surface area contributed by atoms with Crippen molar-refractivity contribution in [3.63, 3.8) is 0 Å². The van der Waals surface area contributed by atoms with Gasteiger partial charge in [-0.05, 0) is 44.4 Å². The van der Waals surface area contributed by atoms with Crippen molar-refractivity contribution >= 4 is 23.0 Å². The first-order chi connectivity index (χ1) is 16.9. The average Bonchev–Trinajstić information content (AvgIpc) is 3.33. The number of ketones is 1. The van der Waals surface area contributed by atoms with E-state index in [1.54, 1.807) is 11.8 Å². The van der Waals surface area contributed by atoms with Crippen LogP contribution in [-0.4, -0.2) is 77.6 Å². The highest BCUT2D eigenvalue weighted by atomic mass is 32.1. The van der Waals surface area contributed by atoms with Crippen molar-refractivity contribution in [2.24, 2.45) is 0 Å². The van der Waals surface area contributed by atoms with Gasteiger partial charge in [-0.1, -0.05) is 19.1 Å². The van der Waals surface area contributed by atoms with Crippen LogP contribution in [0.2, 0.25) is 0 Å². The molecule has 8 nitrogen and oxygen atoms in total. The first-order valence-electron chi connectivity index (χ1n) is 12.2. The lowest BCUT2D eigenvalue weighted by molar-refractivity contribution is -0.129. The summed E-state index contributed by atoms with van der Waals surface area (Å²) in [5.41, 5.74) is 1.49. The van der Waals surface area contributed by atoms with E-state index in [0.29, 0.717) is 36.9 Å². The Morgan fingerprint density at radius 3 is 2.54 bits per heavy atom. The number of aryl methyl sites for hydroxylation is 2. The fourth-order valence-corrected chi connectivity index (χ4v) is 5.46. The Balaban J connectivity index is 1.62. The number of carbonyl (C=O) groups is 2. The molecule has 4 rings (SSSR count). The highest BCUT2D eigenvalue weighted by Crippen LogP contribution is 2.40. The Kier molecular flexibility index (Phi) is 8.20. The van der Waals surface area contributed by atoms with Gasteiger partial charge in [0.1, 0.15) is 5.75 Å². The summed E-state index contributed by atoms with van der Waals surface area (Å²) >= 11 is 1.28. The van der Waals surface area contributed by atoms with Gasteiger partial charge in [0.25, 0.3) is 5.91 Å². The Labute approximate surface area is 210 Å². The average molecular weight is 500 g/mol. The lowest BCUT2D eigenvalue weighted by Crippen LogP contribution is -2.39. The van der Waals surface area contributed by atoms with Crippen LogP contribution in [0.4, 0.5) is 0 Å². The van der Waals surface area contributed by atoms with Gasteiger partial charge in [-0.15, -0.1) is 11.3 Å². The second-order valence-electron chi connectivity index (χ2n) is 8.86. The summed E-state index contributed by atoms with van der Waals surface area (Å²) in [5, 5.41) is 11.7. The lowest BCUT2D eigenvalue weighted by atomic mass is 9.95. The third kappa shape index (κ3) is 5.58. The molecule has 0 spiro atoms. The lowest BCUT2D eigenvalue weighted by Gasteiger charge is -2.30. The first-order valence-corrected chi connectivity index (χ1v) is 13.0. The van der Waals surface area contributed by atoms with E-state index in [-0.39, 0.29) is 11.4 Å². The highest BCUT2D eigenvalue weighted by molar-refractivity contribution is 7.14. The third-order valence-corrected chi connectivity index (χ3v) is 7.38. The predicted molar refractivity (Wildman–Crippen MR) is 134 cm³/mol. The number of aliphatic hydroxyl groups is 1. The predicted octanol–water partition coefficient (Wildman–Crippen LogP) is 3.85. The van der Waals surface area contributed by atoms with Crippen molar-refractivity contribution < 1.29 is 24.2 Å². The monoisotopic (exact) mass is 499 g/mol. The molecule has 3 heterocycles. The normalized spacial score (nSPS) is 19.0. The highest BCUT2D eigenvalue weighted by Gasteiger charge is 2.44. The number of morpholine rings is 1. The number of Topliss-reactive ketones (excluding diaryl/α,β-unsaturated/α-hetero) is 1. The molecule has 1 amide bonds. The van der Waals surface area contributed by atoms with E-state index < -0.39 is 17.7 Å². The summed E-state index contributed by atoms with van der Waals surface area (Å²) in [6.07, 6.45) is 1.63. The standard InChI is InChI=1S/C26H33N3O5S/c1-4-14-34-20-8-6-19(7-9-20)22-21(23(30)25-17(2)27-18(3)35-25)24(31)26(32)29(22)11-5-10-28-12-15-33-16-13-28/h6-9,22,31H,4-5,10-16H2,1-3H3/t22-/m0/s1. The zero-order valence-electron chi connectivity index (χ0n) is 20.6. The van der Waals surface area contributed by atoms with Crippen LogP contribution in [0.25, 0.3) is 0 Å². The van der Waals surface area contributed by atoms with Crippen LogP contribution < -0.4 is 4.74 Å². The molecule has 1 fully saturated rings. The third-order valence-electron chi connectivity index (χ3n) is 6.30. The summed E-state index contributed by atoms with van der Waals surface area (Å²) < 4.78 is 11.1. The number of thiazole rings is 1. The molecule has 1 atom stereocenters. The number of hydrogen-bond acceptors (Lipinski definition) is 8. The number of ether oxygens (including phenoxy) is 2. The summed E-state index contributed by atoms with van der Waals surface area (Å²) in [4.78, 5) is 35.6. The summed E-state index contributed by atoms with van der Waals surface area (Å²) in [7, 11) is 0. The number of benzene rings is 1. The molecule has 0 aliphatic carbocycles. The maximum absolute atomic E-state index is 13.6. The molecule has 1 aromatic carbocycles.